The number of amides is 1. The van der Waals surface area contributed by atoms with E-state index in [4.69, 9.17) is 11.6 Å². The van der Waals surface area contributed by atoms with Gasteiger partial charge in [0.05, 0.1) is 22.4 Å². The number of anilines is 1. The fourth-order valence-electron chi connectivity index (χ4n) is 2.18. The number of nitrogens with zero attached hydrogens (tertiary/aromatic N) is 3. The maximum Gasteiger partial charge on any atom is 0.227 e. The van der Waals surface area contributed by atoms with E-state index < -0.39 is 0 Å². The number of aromatic nitrogens is 2. The van der Waals surface area contributed by atoms with Crippen LogP contribution in [0.2, 0.25) is 5.02 Å². The summed E-state index contributed by atoms with van der Waals surface area (Å²) in [4.78, 5) is 13.7. The highest BCUT2D eigenvalue weighted by atomic mass is 35.5. The van der Waals surface area contributed by atoms with Gasteiger partial charge < -0.3 is 4.90 Å². The lowest BCUT2D eigenvalue weighted by atomic mass is 10.1. The van der Waals surface area contributed by atoms with Crippen molar-refractivity contribution in [2.45, 2.75) is 6.42 Å². The summed E-state index contributed by atoms with van der Waals surface area (Å²) < 4.78 is 8.41. The average Bonchev–Trinajstić information content (AvgIpc) is 2.96. The first-order valence-electron chi connectivity index (χ1n) is 5.54. The van der Waals surface area contributed by atoms with Crippen molar-refractivity contribution in [2.24, 2.45) is 5.92 Å². The summed E-state index contributed by atoms with van der Waals surface area (Å²) in [6.07, 6.45) is 2.29. The molecule has 0 bridgehead atoms. The molecule has 1 saturated heterocycles. The van der Waals surface area contributed by atoms with Crippen molar-refractivity contribution < 1.29 is 4.79 Å². The first-order valence-corrected chi connectivity index (χ1v) is 6.65. The molecule has 6 heteroatoms. The summed E-state index contributed by atoms with van der Waals surface area (Å²) >= 11 is 7.34. The molecule has 92 valence electrons. The van der Waals surface area contributed by atoms with E-state index >= 15 is 0 Å². The number of hydrogen-bond acceptors (Lipinski definition) is 4. The summed E-state index contributed by atoms with van der Waals surface area (Å²) in [5.41, 5.74) is 2.15. The van der Waals surface area contributed by atoms with Crippen LogP contribution in [0.5, 0.6) is 0 Å². The Balaban J connectivity index is 2.14. The molecule has 18 heavy (non-hydrogen) atoms. The highest BCUT2D eigenvalue weighted by Gasteiger charge is 2.31. The van der Waals surface area contributed by atoms with E-state index in [9.17, 15) is 4.79 Å². The van der Waals surface area contributed by atoms with Gasteiger partial charge in [0, 0.05) is 18.9 Å². The van der Waals surface area contributed by atoms with Crippen LogP contribution in [-0.2, 0) is 4.79 Å². The minimum Gasteiger partial charge on any atom is -0.308 e. The average molecular weight is 280 g/mol. The minimum atomic E-state index is 0.0577. The number of benzene rings is 1. The summed E-state index contributed by atoms with van der Waals surface area (Å²) in [6, 6.07) is 3.57. The lowest BCUT2D eigenvalue weighted by molar-refractivity contribution is -0.117. The van der Waals surface area contributed by atoms with Crippen LogP contribution >= 0.6 is 23.3 Å². The van der Waals surface area contributed by atoms with Gasteiger partial charge in [0.1, 0.15) is 11.0 Å². The zero-order valence-electron chi connectivity index (χ0n) is 9.47. The third kappa shape index (κ3) is 1.71. The van der Waals surface area contributed by atoms with Gasteiger partial charge in [0.2, 0.25) is 5.91 Å². The van der Waals surface area contributed by atoms with Crippen molar-refractivity contribution in [1.82, 2.24) is 8.75 Å². The van der Waals surface area contributed by atoms with Crippen molar-refractivity contribution in [3.63, 3.8) is 0 Å². The van der Waals surface area contributed by atoms with Gasteiger partial charge in [-0.25, -0.2) is 0 Å². The van der Waals surface area contributed by atoms with Crippen molar-refractivity contribution >= 4 is 46.0 Å². The largest absolute Gasteiger partial charge is 0.308 e. The molecule has 1 fully saturated rings. The predicted molar refractivity (Wildman–Crippen MR) is 73.1 cm³/mol. The molecule has 1 aliphatic heterocycles. The number of carbonyl (C=O) groups is 1. The molecule has 2 aromatic rings. The van der Waals surface area contributed by atoms with Gasteiger partial charge in [-0.2, -0.15) is 8.75 Å². The van der Waals surface area contributed by atoms with E-state index in [0.29, 0.717) is 29.2 Å². The maximum absolute atomic E-state index is 12.0. The van der Waals surface area contributed by atoms with E-state index in [1.54, 1.807) is 11.0 Å². The standard InChI is InChI=1S/C12H10ClN3OS/c1-2-7-5-10(17)16(6-7)12-8(13)3-4-9-11(12)15-18-14-9/h2-4,7H,1,5-6H2. The molecule has 0 spiro atoms. The Hall–Kier alpha value is -1.46. The summed E-state index contributed by atoms with van der Waals surface area (Å²) in [7, 11) is 0. The van der Waals surface area contributed by atoms with Crippen LogP contribution in [0.1, 0.15) is 6.42 Å². The Kier molecular flexibility index (Phi) is 2.80. The maximum atomic E-state index is 12.0. The second-order valence-corrected chi connectivity index (χ2v) is 5.17. The Morgan fingerprint density at radius 1 is 1.50 bits per heavy atom. The smallest absolute Gasteiger partial charge is 0.227 e. The molecule has 1 atom stereocenters. The van der Waals surface area contributed by atoms with Gasteiger partial charge in [-0.15, -0.1) is 6.58 Å². The van der Waals surface area contributed by atoms with Crippen LogP contribution < -0.4 is 4.90 Å². The monoisotopic (exact) mass is 279 g/mol. The van der Waals surface area contributed by atoms with Gasteiger partial charge >= 0.3 is 0 Å². The van der Waals surface area contributed by atoms with Crippen LogP contribution in [0.15, 0.2) is 24.8 Å². The molecule has 2 heterocycles. The van der Waals surface area contributed by atoms with E-state index in [0.717, 1.165) is 17.2 Å². The Bertz CT molecular complexity index is 639. The first kappa shape index (κ1) is 11.6. The summed E-state index contributed by atoms with van der Waals surface area (Å²) in [5, 5.41) is 0.535. The van der Waals surface area contributed by atoms with Gasteiger partial charge in [0.25, 0.3) is 0 Å². The number of fused-ring (bicyclic) bond motifs is 1. The van der Waals surface area contributed by atoms with Gasteiger partial charge in [-0.05, 0) is 12.1 Å². The van der Waals surface area contributed by atoms with E-state index in [1.165, 1.54) is 0 Å². The Morgan fingerprint density at radius 2 is 2.33 bits per heavy atom. The zero-order valence-corrected chi connectivity index (χ0v) is 11.0. The van der Waals surface area contributed by atoms with Gasteiger partial charge in [-0.1, -0.05) is 17.7 Å². The molecule has 0 saturated carbocycles. The molecule has 1 aliphatic rings. The van der Waals surface area contributed by atoms with Crippen LogP contribution in [0.4, 0.5) is 5.69 Å². The SMILES string of the molecule is C=CC1CC(=O)N(c2c(Cl)ccc3nsnc23)C1. The van der Waals surface area contributed by atoms with E-state index in [1.807, 2.05) is 12.1 Å². The highest BCUT2D eigenvalue weighted by molar-refractivity contribution is 7.00. The first-order chi connectivity index (χ1) is 8.70. The normalized spacial score (nSPS) is 19.7. The number of halogens is 1. The summed E-state index contributed by atoms with van der Waals surface area (Å²) in [5.74, 6) is 0.234. The molecule has 4 nitrogen and oxygen atoms in total. The topological polar surface area (TPSA) is 46.1 Å². The van der Waals surface area contributed by atoms with Gasteiger partial charge in [0.15, 0.2) is 0 Å². The third-order valence-electron chi connectivity index (χ3n) is 3.11. The molecule has 1 aromatic heterocycles. The van der Waals surface area contributed by atoms with Crippen molar-refractivity contribution in [3.8, 4) is 0 Å². The molecule has 0 radical (unpaired) electrons. The molecular weight excluding hydrogens is 270 g/mol. The molecular formula is C12H10ClN3OS. The second-order valence-electron chi connectivity index (χ2n) is 4.23. The molecule has 0 aliphatic carbocycles. The van der Waals surface area contributed by atoms with Crippen LogP contribution in [0.25, 0.3) is 11.0 Å². The Labute approximate surface area is 113 Å². The van der Waals surface area contributed by atoms with Crippen molar-refractivity contribution in [2.75, 3.05) is 11.4 Å². The fourth-order valence-corrected chi connectivity index (χ4v) is 2.97. The molecule has 0 N–H and O–H groups in total. The van der Waals surface area contributed by atoms with E-state index in [2.05, 4.69) is 15.3 Å². The van der Waals surface area contributed by atoms with Crippen LogP contribution in [0, 0.1) is 5.92 Å². The Morgan fingerprint density at radius 3 is 3.06 bits per heavy atom. The predicted octanol–water partition coefficient (Wildman–Crippen LogP) is 2.88. The van der Waals surface area contributed by atoms with Gasteiger partial charge in [-0.3, -0.25) is 4.79 Å². The van der Waals surface area contributed by atoms with Crippen molar-refractivity contribution in [1.29, 1.82) is 0 Å². The van der Waals surface area contributed by atoms with Crippen molar-refractivity contribution in [3.05, 3.63) is 29.8 Å². The fraction of sp³-hybridized carbons (Fsp3) is 0.250. The quantitative estimate of drug-likeness (QED) is 0.794. The molecule has 1 unspecified atom stereocenters. The number of rotatable bonds is 2. The molecule has 1 aromatic carbocycles. The van der Waals surface area contributed by atoms with Crippen LogP contribution in [-0.4, -0.2) is 21.2 Å². The molecule has 3 rings (SSSR count). The highest BCUT2D eigenvalue weighted by Crippen LogP contribution is 2.36. The van der Waals surface area contributed by atoms with E-state index in [-0.39, 0.29) is 11.8 Å². The second kappa shape index (κ2) is 4.33. The molecule has 1 amide bonds. The minimum absolute atomic E-state index is 0.0577. The number of hydrogen-bond donors (Lipinski definition) is 0. The zero-order chi connectivity index (χ0) is 12.7. The number of carbonyl (C=O) groups excluding carboxylic acids is 1. The lowest BCUT2D eigenvalue weighted by Gasteiger charge is -2.17. The third-order valence-corrected chi connectivity index (χ3v) is 3.96. The lowest BCUT2D eigenvalue weighted by Crippen LogP contribution is -2.25. The van der Waals surface area contributed by atoms with Crippen LogP contribution in [0.3, 0.4) is 0 Å². The summed E-state index contributed by atoms with van der Waals surface area (Å²) in [6.45, 7) is 4.35.